The van der Waals surface area contributed by atoms with Crippen molar-refractivity contribution in [2.45, 2.75) is 25.9 Å². The fourth-order valence-corrected chi connectivity index (χ4v) is 3.67. The van der Waals surface area contributed by atoms with E-state index in [1.807, 2.05) is 35.2 Å². The molecule has 0 spiro atoms. The van der Waals surface area contributed by atoms with E-state index in [4.69, 9.17) is 0 Å². The zero-order valence-corrected chi connectivity index (χ0v) is 16.6. The van der Waals surface area contributed by atoms with Crippen LogP contribution in [0.1, 0.15) is 19.2 Å². The first-order valence-corrected chi connectivity index (χ1v) is 10.7. The number of hydrogen-bond donors (Lipinski definition) is 2. The van der Waals surface area contributed by atoms with Crippen molar-refractivity contribution in [3.8, 4) is 11.3 Å². The molecule has 2 amide bonds. The third kappa shape index (κ3) is 4.83. The minimum Gasteiger partial charge on any atom is -0.347 e. The maximum Gasteiger partial charge on any atom is 0.242 e. The topological polar surface area (TPSA) is 101 Å². The van der Waals surface area contributed by atoms with Crippen LogP contribution in [0, 0.1) is 0 Å². The van der Waals surface area contributed by atoms with Gasteiger partial charge in [0.15, 0.2) is 11.5 Å². The van der Waals surface area contributed by atoms with Gasteiger partial charge in [0.25, 0.3) is 0 Å². The third-order valence-electron chi connectivity index (χ3n) is 3.87. The Morgan fingerprint density at radius 2 is 2.15 bits per heavy atom. The van der Waals surface area contributed by atoms with Gasteiger partial charge in [-0.25, -0.2) is 0 Å². The fourth-order valence-electron chi connectivity index (χ4n) is 2.55. The van der Waals surface area contributed by atoms with E-state index in [1.54, 1.807) is 27.6 Å². The van der Waals surface area contributed by atoms with E-state index < -0.39 is 6.04 Å². The summed E-state index contributed by atoms with van der Waals surface area (Å²) in [7, 11) is 0. The Morgan fingerprint density at radius 1 is 1.30 bits per heavy atom. The summed E-state index contributed by atoms with van der Waals surface area (Å²) in [4.78, 5) is 23.8. The maximum atomic E-state index is 12.5. The molecule has 3 aromatic rings. The van der Waals surface area contributed by atoms with Gasteiger partial charge in [-0.3, -0.25) is 9.59 Å². The second-order valence-electron chi connectivity index (χ2n) is 5.87. The number of hydrogen-bond acceptors (Lipinski definition) is 7. The monoisotopic (exact) mass is 404 g/mol. The summed E-state index contributed by atoms with van der Waals surface area (Å²) in [5.74, 6) is 0.829. The number of rotatable bonds is 8. The molecule has 3 heterocycles. The van der Waals surface area contributed by atoms with Crippen LogP contribution in [0.5, 0.6) is 0 Å². The van der Waals surface area contributed by atoms with Crippen molar-refractivity contribution in [1.82, 2.24) is 30.4 Å². The van der Waals surface area contributed by atoms with Crippen LogP contribution in [0.4, 0.5) is 0 Å². The standard InChI is InChI=1S/C17H20N6O2S2/c1-11(24)19-14(6-7-26-2)17(25)18-9-16-21-20-15-4-3-13(22-23(15)16)12-5-8-27-10-12/h3-5,8,10,14H,6-7,9H2,1-2H3,(H,18,25)(H,19,24)/t14-/m0/s1. The number of thioether (sulfide) groups is 1. The number of nitrogens with one attached hydrogen (secondary N) is 2. The van der Waals surface area contributed by atoms with Crippen molar-refractivity contribution in [2.24, 2.45) is 0 Å². The molecule has 0 saturated heterocycles. The quantitative estimate of drug-likeness (QED) is 0.593. The largest absolute Gasteiger partial charge is 0.347 e. The second kappa shape index (κ2) is 8.96. The summed E-state index contributed by atoms with van der Waals surface area (Å²) in [6.07, 6.45) is 2.52. The lowest BCUT2D eigenvalue weighted by Crippen LogP contribution is -2.46. The lowest BCUT2D eigenvalue weighted by molar-refractivity contribution is -0.128. The molecule has 0 aliphatic rings. The van der Waals surface area contributed by atoms with Gasteiger partial charge in [-0.15, -0.1) is 10.2 Å². The average molecular weight is 405 g/mol. The first-order valence-electron chi connectivity index (χ1n) is 8.36. The van der Waals surface area contributed by atoms with Crippen molar-refractivity contribution in [3.63, 3.8) is 0 Å². The predicted molar refractivity (Wildman–Crippen MR) is 107 cm³/mol. The normalized spacial score (nSPS) is 12.1. The van der Waals surface area contributed by atoms with E-state index in [9.17, 15) is 9.59 Å². The van der Waals surface area contributed by atoms with Gasteiger partial charge >= 0.3 is 0 Å². The van der Waals surface area contributed by atoms with Crippen LogP contribution in [0.15, 0.2) is 29.0 Å². The number of fused-ring (bicyclic) bond motifs is 1. The number of nitrogens with zero attached hydrogens (tertiary/aromatic N) is 4. The summed E-state index contributed by atoms with van der Waals surface area (Å²) in [6, 6.07) is 5.16. The molecule has 27 heavy (non-hydrogen) atoms. The zero-order chi connectivity index (χ0) is 19.2. The Morgan fingerprint density at radius 3 is 2.85 bits per heavy atom. The number of thiophene rings is 1. The van der Waals surface area contributed by atoms with E-state index in [0.29, 0.717) is 17.9 Å². The first-order chi connectivity index (χ1) is 13.1. The van der Waals surface area contributed by atoms with Gasteiger partial charge in [0.2, 0.25) is 11.8 Å². The molecule has 0 fully saturated rings. The molecule has 142 valence electrons. The minimum atomic E-state index is -0.566. The molecule has 0 bridgehead atoms. The van der Waals surface area contributed by atoms with E-state index in [2.05, 4.69) is 25.9 Å². The first kappa shape index (κ1) is 19.3. The van der Waals surface area contributed by atoms with Crippen molar-refractivity contribution >= 4 is 40.6 Å². The van der Waals surface area contributed by atoms with Crippen LogP contribution in [-0.2, 0) is 16.1 Å². The molecule has 0 aromatic carbocycles. The summed E-state index contributed by atoms with van der Waals surface area (Å²) in [6.45, 7) is 1.58. The van der Waals surface area contributed by atoms with Gasteiger partial charge in [0.05, 0.1) is 12.2 Å². The summed E-state index contributed by atoms with van der Waals surface area (Å²) in [5.41, 5.74) is 2.44. The van der Waals surface area contributed by atoms with E-state index >= 15 is 0 Å². The molecule has 0 unspecified atom stereocenters. The fraction of sp³-hybridized carbons (Fsp3) is 0.353. The van der Waals surface area contributed by atoms with Gasteiger partial charge in [-0.05, 0) is 42.0 Å². The molecule has 3 aromatic heterocycles. The molecular weight excluding hydrogens is 384 g/mol. The molecule has 0 saturated carbocycles. The summed E-state index contributed by atoms with van der Waals surface area (Å²) < 4.78 is 1.63. The van der Waals surface area contributed by atoms with Gasteiger partial charge in [0.1, 0.15) is 6.04 Å². The predicted octanol–water partition coefficient (Wildman–Crippen LogP) is 1.73. The Labute approximate surface area is 164 Å². The van der Waals surface area contributed by atoms with E-state index in [0.717, 1.165) is 17.0 Å². The molecule has 2 N–H and O–H groups in total. The van der Waals surface area contributed by atoms with Crippen LogP contribution in [-0.4, -0.2) is 49.7 Å². The summed E-state index contributed by atoms with van der Waals surface area (Å²) in [5, 5.41) is 22.3. The van der Waals surface area contributed by atoms with Crippen molar-refractivity contribution in [1.29, 1.82) is 0 Å². The molecule has 10 heteroatoms. The van der Waals surface area contributed by atoms with Gasteiger partial charge < -0.3 is 10.6 Å². The van der Waals surface area contributed by atoms with E-state index in [-0.39, 0.29) is 18.4 Å². The van der Waals surface area contributed by atoms with Crippen LogP contribution in [0.3, 0.4) is 0 Å². The molecular formula is C17H20N6O2S2. The Bertz CT molecular complexity index is 925. The highest BCUT2D eigenvalue weighted by Gasteiger charge is 2.19. The highest BCUT2D eigenvalue weighted by atomic mass is 32.2. The molecule has 1 atom stereocenters. The highest BCUT2D eigenvalue weighted by Crippen LogP contribution is 2.20. The molecule has 3 rings (SSSR count). The highest BCUT2D eigenvalue weighted by molar-refractivity contribution is 7.98. The van der Waals surface area contributed by atoms with Crippen LogP contribution < -0.4 is 10.6 Å². The number of carbonyl (C=O) groups is 2. The van der Waals surface area contributed by atoms with E-state index in [1.165, 1.54) is 6.92 Å². The zero-order valence-electron chi connectivity index (χ0n) is 15.0. The van der Waals surface area contributed by atoms with Gasteiger partial charge in [0, 0.05) is 17.9 Å². The Kier molecular flexibility index (Phi) is 6.40. The Hall–Kier alpha value is -2.46. The Balaban J connectivity index is 1.73. The smallest absolute Gasteiger partial charge is 0.242 e. The lowest BCUT2D eigenvalue weighted by atomic mass is 10.2. The van der Waals surface area contributed by atoms with Crippen molar-refractivity contribution in [3.05, 3.63) is 34.8 Å². The molecule has 8 nitrogen and oxygen atoms in total. The molecule has 0 radical (unpaired) electrons. The van der Waals surface area contributed by atoms with Gasteiger partial charge in [-0.2, -0.15) is 32.7 Å². The van der Waals surface area contributed by atoms with Crippen molar-refractivity contribution in [2.75, 3.05) is 12.0 Å². The van der Waals surface area contributed by atoms with Crippen LogP contribution in [0.25, 0.3) is 16.9 Å². The third-order valence-corrected chi connectivity index (χ3v) is 5.20. The average Bonchev–Trinajstić information content (AvgIpc) is 3.32. The SMILES string of the molecule is CSCC[C@H](NC(C)=O)C(=O)NCc1nnc2ccc(-c3ccsc3)nn12. The van der Waals surface area contributed by atoms with Crippen LogP contribution >= 0.6 is 23.1 Å². The number of aromatic nitrogens is 4. The number of carbonyl (C=O) groups excluding carboxylic acids is 2. The van der Waals surface area contributed by atoms with Gasteiger partial charge in [-0.1, -0.05) is 0 Å². The second-order valence-corrected chi connectivity index (χ2v) is 7.63. The lowest BCUT2D eigenvalue weighted by Gasteiger charge is -2.16. The summed E-state index contributed by atoms with van der Waals surface area (Å²) >= 11 is 3.23. The number of amides is 2. The van der Waals surface area contributed by atoms with Crippen LogP contribution in [0.2, 0.25) is 0 Å². The maximum absolute atomic E-state index is 12.5. The molecule has 0 aliphatic carbocycles. The minimum absolute atomic E-state index is 0.176. The molecule has 0 aliphatic heterocycles. The van der Waals surface area contributed by atoms with Crippen molar-refractivity contribution < 1.29 is 9.59 Å².